The second kappa shape index (κ2) is 7.43. The lowest BCUT2D eigenvalue weighted by molar-refractivity contribution is 0.0785. The lowest BCUT2D eigenvalue weighted by Gasteiger charge is -2.20. The van der Waals surface area contributed by atoms with E-state index in [1.165, 1.54) is 11.0 Å². The Morgan fingerprint density at radius 1 is 1.65 bits per heavy atom. The first-order valence-corrected chi connectivity index (χ1v) is 6.54. The van der Waals surface area contributed by atoms with Gasteiger partial charge in [-0.3, -0.25) is 4.79 Å². The van der Waals surface area contributed by atoms with Crippen LogP contribution in [-0.4, -0.2) is 35.9 Å². The summed E-state index contributed by atoms with van der Waals surface area (Å²) >= 11 is 0. The minimum absolute atomic E-state index is 0.186. The molecule has 1 amide bonds. The van der Waals surface area contributed by atoms with E-state index in [0.717, 1.165) is 12.6 Å². The van der Waals surface area contributed by atoms with Crippen LogP contribution < -0.4 is 5.32 Å². The topological polar surface area (TPSA) is 69.0 Å². The first-order valence-electron chi connectivity index (χ1n) is 6.54. The molecule has 1 aromatic heterocycles. The van der Waals surface area contributed by atoms with E-state index in [2.05, 4.69) is 16.4 Å². The van der Waals surface area contributed by atoms with Crippen molar-refractivity contribution in [2.75, 3.05) is 25.5 Å². The summed E-state index contributed by atoms with van der Waals surface area (Å²) in [5, 5.41) is 11.8. The molecule has 0 radical (unpaired) electrons. The highest BCUT2D eigenvalue weighted by molar-refractivity contribution is 5.98. The van der Waals surface area contributed by atoms with Gasteiger partial charge in [-0.05, 0) is 19.4 Å². The van der Waals surface area contributed by atoms with E-state index in [1.807, 2.05) is 6.92 Å². The van der Waals surface area contributed by atoms with Crippen molar-refractivity contribution >= 4 is 11.7 Å². The minimum Gasteiger partial charge on any atom is -0.369 e. The van der Waals surface area contributed by atoms with Crippen molar-refractivity contribution in [3.63, 3.8) is 0 Å². The van der Waals surface area contributed by atoms with Crippen molar-refractivity contribution in [3.05, 3.63) is 23.6 Å². The molecule has 0 fully saturated rings. The monoisotopic (exact) mass is 278 g/mol. The summed E-state index contributed by atoms with van der Waals surface area (Å²) in [6.07, 6.45) is 1.95. The molecule has 0 aliphatic rings. The van der Waals surface area contributed by atoms with Crippen molar-refractivity contribution in [3.8, 4) is 6.07 Å². The predicted molar refractivity (Wildman–Crippen MR) is 74.7 cm³/mol. The molecule has 0 spiro atoms. The number of carbonyl (C=O) groups excluding carboxylic acids is 1. The first-order chi connectivity index (χ1) is 9.49. The average molecular weight is 278 g/mol. The van der Waals surface area contributed by atoms with Crippen LogP contribution in [0, 0.1) is 23.1 Å². The van der Waals surface area contributed by atoms with E-state index < -0.39 is 5.82 Å². The van der Waals surface area contributed by atoms with Crippen LogP contribution in [-0.2, 0) is 0 Å². The molecule has 1 unspecified atom stereocenters. The third-order valence-electron chi connectivity index (χ3n) is 2.74. The highest BCUT2D eigenvalue weighted by Gasteiger charge is 2.19. The number of nitriles is 1. The Hall–Kier alpha value is -2.16. The molecule has 1 atom stereocenters. The van der Waals surface area contributed by atoms with Crippen LogP contribution in [0.3, 0.4) is 0 Å². The number of nitrogens with zero attached hydrogens (tertiary/aromatic N) is 3. The summed E-state index contributed by atoms with van der Waals surface area (Å²) in [6.45, 7) is 4.65. The maximum atomic E-state index is 13.3. The number of hydrogen-bond donors (Lipinski definition) is 1. The number of hydrogen-bond acceptors (Lipinski definition) is 4. The predicted octanol–water partition coefficient (Wildman–Crippen LogP) is 2.27. The van der Waals surface area contributed by atoms with Crippen molar-refractivity contribution in [1.82, 2.24) is 9.88 Å². The maximum absolute atomic E-state index is 13.3. The Balaban J connectivity index is 2.95. The van der Waals surface area contributed by atoms with Crippen molar-refractivity contribution < 1.29 is 9.18 Å². The van der Waals surface area contributed by atoms with E-state index in [-0.39, 0.29) is 17.4 Å². The normalized spacial score (nSPS) is 11.6. The van der Waals surface area contributed by atoms with Gasteiger partial charge in [0, 0.05) is 20.1 Å². The van der Waals surface area contributed by atoms with Gasteiger partial charge in [-0.25, -0.2) is 9.37 Å². The van der Waals surface area contributed by atoms with Gasteiger partial charge in [-0.1, -0.05) is 6.92 Å². The van der Waals surface area contributed by atoms with Gasteiger partial charge in [0.2, 0.25) is 0 Å². The van der Waals surface area contributed by atoms with Gasteiger partial charge in [-0.15, -0.1) is 0 Å². The zero-order valence-corrected chi connectivity index (χ0v) is 12.0. The van der Waals surface area contributed by atoms with Crippen LogP contribution in [0.25, 0.3) is 0 Å². The summed E-state index contributed by atoms with van der Waals surface area (Å²) in [5.41, 5.74) is 0.186. The Kier molecular flexibility index (Phi) is 5.91. The van der Waals surface area contributed by atoms with Crippen LogP contribution in [0.4, 0.5) is 10.2 Å². The standard InChI is InChI=1S/C14H19FN4O/c1-4-5-17-13-12(6-11(15)8-18-13)14(20)19(3)9-10(2)7-16/h6,8,10H,4-5,9H2,1-3H3,(H,17,18). The number of pyridine rings is 1. The number of aromatic nitrogens is 1. The van der Waals surface area contributed by atoms with E-state index in [9.17, 15) is 9.18 Å². The molecule has 0 aliphatic heterocycles. The summed E-state index contributed by atoms with van der Waals surface area (Å²) in [6, 6.07) is 3.23. The van der Waals surface area contributed by atoms with E-state index in [1.54, 1.807) is 14.0 Å². The van der Waals surface area contributed by atoms with Crippen LogP contribution >= 0.6 is 0 Å². The quantitative estimate of drug-likeness (QED) is 0.866. The van der Waals surface area contributed by atoms with E-state index >= 15 is 0 Å². The fourth-order valence-corrected chi connectivity index (χ4v) is 1.73. The van der Waals surface area contributed by atoms with Crippen LogP contribution in [0.5, 0.6) is 0 Å². The number of amides is 1. The SMILES string of the molecule is CCCNc1ncc(F)cc1C(=O)N(C)CC(C)C#N. The van der Waals surface area contributed by atoms with E-state index in [0.29, 0.717) is 18.9 Å². The highest BCUT2D eigenvalue weighted by atomic mass is 19.1. The molecule has 108 valence electrons. The number of carbonyl (C=O) groups is 1. The molecular formula is C14H19FN4O. The molecule has 1 heterocycles. The van der Waals surface area contributed by atoms with Gasteiger partial charge in [0.05, 0.1) is 23.7 Å². The molecule has 0 saturated heterocycles. The lowest BCUT2D eigenvalue weighted by atomic mass is 10.1. The molecule has 6 heteroatoms. The lowest BCUT2D eigenvalue weighted by Crippen LogP contribution is -2.31. The van der Waals surface area contributed by atoms with Crippen molar-refractivity contribution in [2.45, 2.75) is 20.3 Å². The fourth-order valence-electron chi connectivity index (χ4n) is 1.73. The second-order valence-corrected chi connectivity index (χ2v) is 4.69. The molecule has 0 aliphatic carbocycles. The second-order valence-electron chi connectivity index (χ2n) is 4.69. The fraction of sp³-hybridized carbons (Fsp3) is 0.500. The molecule has 0 bridgehead atoms. The molecule has 20 heavy (non-hydrogen) atoms. The van der Waals surface area contributed by atoms with Gasteiger partial charge < -0.3 is 10.2 Å². The number of halogens is 1. The molecule has 1 rings (SSSR count). The summed E-state index contributed by atoms with van der Waals surface area (Å²) < 4.78 is 13.3. The Morgan fingerprint density at radius 2 is 2.35 bits per heavy atom. The number of rotatable bonds is 6. The van der Waals surface area contributed by atoms with E-state index in [4.69, 9.17) is 5.26 Å². The van der Waals surface area contributed by atoms with Gasteiger partial charge in [-0.2, -0.15) is 5.26 Å². The molecule has 1 N–H and O–H groups in total. The minimum atomic E-state index is -0.558. The third kappa shape index (κ3) is 4.19. The summed E-state index contributed by atoms with van der Waals surface area (Å²) in [4.78, 5) is 17.6. The smallest absolute Gasteiger partial charge is 0.257 e. The number of anilines is 1. The first kappa shape index (κ1) is 15.9. The molecule has 0 aromatic carbocycles. The Morgan fingerprint density at radius 3 is 2.95 bits per heavy atom. The van der Waals surface area contributed by atoms with Gasteiger partial charge >= 0.3 is 0 Å². The third-order valence-corrected chi connectivity index (χ3v) is 2.74. The summed E-state index contributed by atoms with van der Waals surface area (Å²) in [5.74, 6) is -0.818. The largest absolute Gasteiger partial charge is 0.369 e. The molecule has 0 saturated carbocycles. The zero-order valence-electron chi connectivity index (χ0n) is 12.0. The average Bonchev–Trinajstić information content (AvgIpc) is 2.44. The van der Waals surface area contributed by atoms with Crippen molar-refractivity contribution in [1.29, 1.82) is 5.26 Å². The van der Waals surface area contributed by atoms with Gasteiger partial charge in [0.15, 0.2) is 0 Å². The maximum Gasteiger partial charge on any atom is 0.257 e. The Bertz CT molecular complexity index is 512. The zero-order chi connectivity index (χ0) is 15.1. The van der Waals surface area contributed by atoms with Crippen LogP contribution in [0.2, 0.25) is 0 Å². The van der Waals surface area contributed by atoms with Crippen LogP contribution in [0.1, 0.15) is 30.6 Å². The van der Waals surface area contributed by atoms with Gasteiger partial charge in [0.1, 0.15) is 11.6 Å². The number of nitrogens with one attached hydrogen (secondary N) is 1. The summed E-state index contributed by atoms with van der Waals surface area (Å²) in [7, 11) is 1.59. The molecule has 5 nitrogen and oxygen atoms in total. The van der Waals surface area contributed by atoms with Crippen LogP contribution in [0.15, 0.2) is 12.3 Å². The van der Waals surface area contributed by atoms with Gasteiger partial charge in [0.25, 0.3) is 5.91 Å². The molecule has 1 aromatic rings. The highest BCUT2D eigenvalue weighted by Crippen LogP contribution is 2.16. The van der Waals surface area contributed by atoms with Crippen molar-refractivity contribution in [2.24, 2.45) is 5.92 Å². The Labute approximate surface area is 118 Å². The molecular weight excluding hydrogens is 259 g/mol.